The van der Waals surface area contributed by atoms with Gasteiger partial charge in [0.1, 0.15) is 0 Å². The summed E-state index contributed by atoms with van der Waals surface area (Å²) in [6, 6.07) is 7.27. The van der Waals surface area contributed by atoms with Crippen LogP contribution in [0.25, 0.3) is 6.08 Å². The lowest BCUT2D eigenvalue weighted by Crippen LogP contribution is -2.35. The Hall–Kier alpha value is -1.81. The molecule has 0 saturated carbocycles. The average molecular weight is 308 g/mol. The van der Waals surface area contributed by atoms with Gasteiger partial charge in [-0.2, -0.15) is 0 Å². The molecule has 0 aromatic heterocycles. The molecule has 0 spiro atoms. The Morgan fingerprint density at radius 2 is 2.05 bits per heavy atom. The minimum atomic E-state index is -0.829. The van der Waals surface area contributed by atoms with E-state index in [0.29, 0.717) is 18.0 Å². The smallest absolute Gasteiger partial charge is 0.308 e. The van der Waals surface area contributed by atoms with E-state index in [-0.39, 0.29) is 12.5 Å². The number of hydrogen-bond acceptors (Lipinski definition) is 2. The second-order valence-electron chi connectivity index (χ2n) is 5.17. The Bertz CT molecular complexity index is 556. The maximum Gasteiger partial charge on any atom is 0.308 e. The number of carboxylic acid groups (broad SMARTS) is 1. The lowest BCUT2D eigenvalue weighted by atomic mass is 10.0. The normalized spacial score (nSPS) is 19.5. The molecular formula is C16H18ClNO3. The lowest BCUT2D eigenvalue weighted by Gasteiger charge is -2.21. The number of amides is 1. The molecule has 0 aliphatic carbocycles. The van der Waals surface area contributed by atoms with E-state index in [0.717, 1.165) is 18.4 Å². The Morgan fingerprint density at radius 1 is 1.29 bits per heavy atom. The summed E-state index contributed by atoms with van der Waals surface area (Å²) < 4.78 is 0. The third kappa shape index (κ3) is 4.33. The highest BCUT2D eigenvalue weighted by atomic mass is 35.5. The van der Waals surface area contributed by atoms with Gasteiger partial charge in [-0.1, -0.05) is 36.2 Å². The first-order chi connectivity index (χ1) is 10.1. The van der Waals surface area contributed by atoms with Gasteiger partial charge in [0.15, 0.2) is 0 Å². The molecule has 1 atom stereocenters. The highest BCUT2D eigenvalue weighted by molar-refractivity contribution is 6.32. The summed E-state index contributed by atoms with van der Waals surface area (Å²) in [5.41, 5.74) is 0.775. The van der Waals surface area contributed by atoms with Crippen LogP contribution in [0.2, 0.25) is 5.02 Å². The molecule has 1 N–H and O–H groups in total. The first kappa shape index (κ1) is 15.6. The monoisotopic (exact) mass is 307 g/mol. The zero-order valence-electron chi connectivity index (χ0n) is 11.7. The Balaban J connectivity index is 2.05. The Labute approximate surface area is 129 Å². The molecule has 112 valence electrons. The molecule has 21 heavy (non-hydrogen) atoms. The predicted molar refractivity (Wildman–Crippen MR) is 82.0 cm³/mol. The van der Waals surface area contributed by atoms with Gasteiger partial charge in [-0.25, -0.2) is 0 Å². The molecule has 1 aromatic carbocycles. The van der Waals surface area contributed by atoms with Crippen LogP contribution in [0.3, 0.4) is 0 Å². The second kappa shape index (κ2) is 7.27. The molecule has 4 nitrogen and oxygen atoms in total. The van der Waals surface area contributed by atoms with Crippen LogP contribution in [0.5, 0.6) is 0 Å². The van der Waals surface area contributed by atoms with Crippen molar-refractivity contribution in [3.63, 3.8) is 0 Å². The summed E-state index contributed by atoms with van der Waals surface area (Å²) in [7, 11) is 0. The SMILES string of the molecule is O=C(O)C1CCCCN(C(=O)C=Cc2ccccc2Cl)C1. The van der Waals surface area contributed by atoms with Gasteiger partial charge < -0.3 is 10.0 Å². The van der Waals surface area contributed by atoms with Crippen LogP contribution >= 0.6 is 11.6 Å². The van der Waals surface area contributed by atoms with E-state index in [1.807, 2.05) is 18.2 Å². The van der Waals surface area contributed by atoms with Crippen molar-refractivity contribution in [2.45, 2.75) is 19.3 Å². The van der Waals surface area contributed by atoms with Crippen LogP contribution in [-0.2, 0) is 9.59 Å². The van der Waals surface area contributed by atoms with Crippen LogP contribution in [0, 0.1) is 5.92 Å². The second-order valence-corrected chi connectivity index (χ2v) is 5.58. The first-order valence-electron chi connectivity index (χ1n) is 7.02. The molecule has 2 rings (SSSR count). The number of nitrogens with zero attached hydrogens (tertiary/aromatic N) is 1. The summed E-state index contributed by atoms with van der Waals surface area (Å²) in [5.74, 6) is -1.46. The van der Waals surface area contributed by atoms with Crippen LogP contribution in [0.15, 0.2) is 30.3 Å². The van der Waals surface area contributed by atoms with Gasteiger partial charge in [-0.3, -0.25) is 9.59 Å². The molecule has 1 aliphatic rings. The fraction of sp³-hybridized carbons (Fsp3) is 0.375. The van der Waals surface area contributed by atoms with Gasteiger partial charge in [-0.05, 0) is 30.5 Å². The number of likely N-dealkylation sites (tertiary alicyclic amines) is 1. The number of benzene rings is 1. The summed E-state index contributed by atoms with van der Waals surface area (Å²) in [6.45, 7) is 0.885. The van der Waals surface area contributed by atoms with Crippen LogP contribution in [-0.4, -0.2) is 35.0 Å². The van der Waals surface area contributed by atoms with E-state index in [2.05, 4.69) is 0 Å². The van der Waals surface area contributed by atoms with Gasteiger partial charge in [0, 0.05) is 24.2 Å². The topological polar surface area (TPSA) is 57.6 Å². The number of aliphatic carboxylic acids is 1. The number of carboxylic acids is 1. The molecule has 0 bridgehead atoms. The third-order valence-electron chi connectivity index (χ3n) is 3.64. The highest BCUT2D eigenvalue weighted by Crippen LogP contribution is 2.19. The van der Waals surface area contributed by atoms with Crippen molar-refractivity contribution in [2.75, 3.05) is 13.1 Å². The standard InChI is InChI=1S/C16H18ClNO3/c17-14-7-2-1-5-12(14)8-9-15(19)18-10-4-3-6-13(11-18)16(20)21/h1-2,5,7-9,13H,3-4,6,10-11H2,(H,20,21). The summed E-state index contributed by atoms with van der Waals surface area (Å²) >= 11 is 6.03. The third-order valence-corrected chi connectivity index (χ3v) is 3.99. The number of carbonyl (C=O) groups is 2. The zero-order valence-corrected chi connectivity index (χ0v) is 12.4. The highest BCUT2D eigenvalue weighted by Gasteiger charge is 2.25. The molecule has 1 unspecified atom stereocenters. The number of carbonyl (C=O) groups excluding carboxylic acids is 1. The van der Waals surface area contributed by atoms with E-state index in [1.165, 1.54) is 6.08 Å². The van der Waals surface area contributed by atoms with Crippen molar-refractivity contribution in [3.05, 3.63) is 40.9 Å². The van der Waals surface area contributed by atoms with E-state index in [4.69, 9.17) is 16.7 Å². The van der Waals surface area contributed by atoms with E-state index in [1.54, 1.807) is 17.0 Å². The number of rotatable bonds is 3. The average Bonchev–Trinajstić information content (AvgIpc) is 2.72. The molecule has 1 heterocycles. The van der Waals surface area contributed by atoms with Gasteiger partial charge in [0.05, 0.1) is 5.92 Å². The maximum atomic E-state index is 12.2. The fourth-order valence-electron chi connectivity index (χ4n) is 2.42. The van der Waals surface area contributed by atoms with Gasteiger partial charge in [0.25, 0.3) is 0 Å². The van der Waals surface area contributed by atoms with Crippen molar-refractivity contribution < 1.29 is 14.7 Å². The summed E-state index contributed by atoms with van der Waals surface area (Å²) in [5, 5.41) is 9.72. The van der Waals surface area contributed by atoms with Crippen molar-refractivity contribution in [2.24, 2.45) is 5.92 Å². The largest absolute Gasteiger partial charge is 0.481 e. The molecule has 1 aliphatic heterocycles. The molecular weight excluding hydrogens is 290 g/mol. The number of halogens is 1. The Kier molecular flexibility index (Phi) is 5.39. The summed E-state index contributed by atoms with van der Waals surface area (Å²) in [4.78, 5) is 24.9. The molecule has 1 saturated heterocycles. The minimum Gasteiger partial charge on any atom is -0.481 e. The zero-order chi connectivity index (χ0) is 15.2. The van der Waals surface area contributed by atoms with Crippen molar-refractivity contribution in [1.29, 1.82) is 0 Å². The maximum absolute atomic E-state index is 12.2. The number of hydrogen-bond donors (Lipinski definition) is 1. The molecule has 0 radical (unpaired) electrons. The van der Waals surface area contributed by atoms with E-state index in [9.17, 15) is 9.59 Å². The van der Waals surface area contributed by atoms with Crippen LogP contribution in [0.4, 0.5) is 0 Å². The minimum absolute atomic E-state index is 0.164. The molecule has 1 fully saturated rings. The predicted octanol–water partition coefficient (Wildman–Crippen LogP) is 3.07. The van der Waals surface area contributed by atoms with Gasteiger partial charge >= 0.3 is 5.97 Å². The van der Waals surface area contributed by atoms with E-state index < -0.39 is 11.9 Å². The van der Waals surface area contributed by atoms with Gasteiger partial charge in [-0.15, -0.1) is 0 Å². The Morgan fingerprint density at radius 3 is 2.76 bits per heavy atom. The van der Waals surface area contributed by atoms with E-state index >= 15 is 0 Å². The van der Waals surface area contributed by atoms with Crippen LogP contribution in [0.1, 0.15) is 24.8 Å². The first-order valence-corrected chi connectivity index (χ1v) is 7.40. The quantitative estimate of drug-likeness (QED) is 0.873. The molecule has 1 aromatic rings. The molecule has 1 amide bonds. The van der Waals surface area contributed by atoms with Crippen molar-refractivity contribution >= 4 is 29.6 Å². The van der Waals surface area contributed by atoms with Crippen LogP contribution < -0.4 is 0 Å². The summed E-state index contributed by atoms with van der Waals surface area (Å²) in [6.07, 6.45) is 5.45. The van der Waals surface area contributed by atoms with Crippen molar-refractivity contribution in [3.8, 4) is 0 Å². The fourth-order valence-corrected chi connectivity index (χ4v) is 2.62. The van der Waals surface area contributed by atoms with Crippen molar-refractivity contribution in [1.82, 2.24) is 4.90 Å². The lowest BCUT2D eigenvalue weighted by molar-refractivity contribution is -0.143. The molecule has 5 heteroatoms. The van der Waals surface area contributed by atoms with Gasteiger partial charge in [0.2, 0.25) is 5.91 Å².